The highest BCUT2D eigenvalue weighted by Gasteiger charge is 2.31. The molecule has 0 bridgehead atoms. The Morgan fingerprint density at radius 3 is 2.76 bits per heavy atom. The van der Waals surface area contributed by atoms with E-state index in [1.54, 1.807) is 6.07 Å². The van der Waals surface area contributed by atoms with Crippen LogP contribution >= 0.6 is 0 Å². The molecule has 29 heavy (non-hydrogen) atoms. The number of nitrogens with zero attached hydrogens (tertiary/aromatic N) is 4. The molecule has 2 aliphatic rings. The number of carbonyl (C=O) groups excluding carboxylic acids is 1. The second-order valence-electron chi connectivity index (χ2n) is 7.95. The van der Waals surface area contributed by atoms with E-state index in [1.807, 2.05) is 23.1 Å². The van der Waals surface area contributed by atoms with Gasteiger partial charge in [-0.15, -0.1) is 0 Å². The first-order valence-electron chi connectivity index (χ1n) is 10.3. The van der Waals surface area contributed by atoms with Crippen molar-refractivity contribution in [3.05, 3.63) is 42.2 Å². The smallest absolute Gasteiger partial charge is 0.227 e. The molecule has 1 N–H and O–H groups in total. The van der Waals surface area contributed by atoms with Crippen molar-refractivity contribution in [3.63, 3.8) is 0 Å². The van der Waals surface area contributed by atoms with Gasteiger partial charge in [-0.25, -0.2) is 14.4 Å². The maximum Gasteiger partial charge on any atom is 0.227 e. The molecular weight excluding hydrogens is 369 g/mol. The van der Waals surface area contributed by atoms with E-state index in [-0.39, 0.29) is 11.7 Å². The van der Waals surface area contributed by atoms with Gasteiger partial charge in [-0.05, 0) is 49.9 Å². The highest BCUT2D eigenvalue weighted by molar-refractivity contribution is 5.80. The van der Waals surface area contributed by atoms with Gasteiger partial charge in [0.25, 0.3) is 0 Å². The Morgan fingerprint density at radius 2 is 1.93 bits per heavy atom. The molecule has 150 valence electrons. The van der Waals surface area contributed by atoms with Gasteiger partial charge >= 0.3 is 0 Å². The molecule has 1 aromatic carbocycles. The van der Waals surface area contributed by atoms with Crippen LogP contribution in [0.15, 0.2) is 36.4 Å². The van der Waals surface area contributed by atoms with Crippen molar-refractivity contribution in [1.82, 2.24) is 19.9 Å². The quantitative estimate of drug-likeness (QED) is 0.738. The summed E-state index contributed by atoms with van der Waals surface area (Å²) >= 11 is 0. The number of amides is 1. The maximum absolute atomic E-state index is 13.5. The van der Waals surface area contributed by atoms with Crippen molar-refractivity contribution in [2.24, 2.45) is 5.92 Å². The molecule has 7 heteroatoms. The van der Waals surface area contributed by atoms with Crippen LogP contribution in [0, 0.1) is 11.7 Å². The van der Waals surface area contributed by atoms with Crippen molar-refractivity contribution in [1.29, 1.82) is 0 Å². The largest absolute Gasteiger partial charge is 0.356 e. The van der Waals surface area contributed by atoms with Crippen molar-refractivity contribution >= 4 is 22.9 Å². The highest BCUT2D eigenvalue weighted by atomic mass is 19.1. The standard InChI is InChI=1S/C22H24FN5O/c23-17-7-3-5-15(13-17)20-24-18-8-9-19(25-21(18)26-20)28-12-4-6-16(14-28)22(29)27-10-1-2-11-27/h3,5,7-9,13,16H,1-2,4,6,10-12,14H2,(H,24,25,26). The average Bonchev–Trinajstić information content (AvgIpc) is 3.43. The number of H-pyrrole nitrogens is 1. The minimum Gasteiger partial charge on any atom is -0.356 e. The molecule has 2 aliphatic heterocycles. The topological polar surface area (TPSA) is 65.1 Å². The zero-order chi connectivity index (χ0) is 19.8. The summed E-state index contributed by atoms with van der Waals surface area (Å²) in [6.07, 6.45) is 4.17. The van der Waals surface area contributed by atoms with Gasteiger partial charge in [-0.2, -0.15) is 0 Å². The number of rotatable bonds is 3. The summed E-state index contributed by atoms with van der Waals surface area (Å²) in [5.41, 5.74) is 2.11. The predicted octanol–water partition coefficient (Wildman–Crippen LogP) is 3.60. The normalized spacial score (nSPS) is 19.8. The zero-order valence-corrected chi connectivity index (χ0v) is 16.3. The lowest BCUT2D eigenvalue weighted by Crippen LogP contribution is -2.44. The van der Waals surface area contributed by atoms with Crippen LogP contribution in [0.3, 0.4) is 0 Å². The molecule has 3 aromatic rings. The highest BCUT2D eigenvalue weighted by Crippen LogP contribution is 2.27. The number of likely N-dealkylation sites (tertiary alicyclic amines) is 1. The second-order valence-corrected chi connectivity index (χ2v) is 7.95. The summed E-state index contributed by atoms with van der Waals surface area (Å²) in [7, 11) is 0. The number of carbonyl (C=O) groups is 1. The Hall–Kier alpha value is -2.96. The van der Waals surface area contributed by atoms with Gasteiger partial charge < -0.3 is 14.8 Å². The number of pyridine rings is 1. The van der Waals surface area contributed by atoms with E-state index >= 15 is 0 Å². The van der Waals surface area contributed by atoms with E-state index < -0.39 is 0 Å². The van der Waals surface area contributed by atoms with Crippen LogP contribution in [0.1, 0.15) is 25.7 Å². The fourth-order valence-corrected chi connectivity index (χ4v) is 4.42. The lowest BCUT2D eigenvalue weighted by atomic mass is 9.96. The second kappa shape index (κ2) is 7.46. The summed E-state index contributed by atoms with van der Waals surface area (Å²) < 4.78 is 13.5. The summed E-state index contributed by atoms with van der Waals surface area (Å²) in [6, 6.07) is 10.3. The van der Waals surface area contributed by atoms with Crippen LogP contribution in [-0.4, -0.2) is 51.9 Å². The van der Waals surface area contributed by atoms with Crippen LogP contribution < -0.4 is 4.90 Å². The van der Waals surface area contributed by atoms with E-state index in [2.05, 4.69) is 14.9 Å². The summed E-state index contributed by atoms with van der Waals surface area (Å²) in [5, 5.41) is 0. The summed E-state index contributed by atoms with van der Waals surface area (Å²) in [6.45, 7) is 3.40. The van der Waals surface area contributed by atoms with Gasteiger partial charge in [0.2, 0.25) is 5.91 Å². The maximum atomic E-state index is 13.5. The third-order valence-corrected chi connectivity index (χ3v) is 5.94. The van der Waals surface area contributed by atoms with Gasteiger partial charge in [0, 0.05) is 31.7 Å². The summed E-state index contributed by atoms with van der Waals surface area (Å²) in [4.78, 5) is 29.5. The molecule has 2 aromatic heterocycles. The predicted molar refractivity (Wildman–Crippen MR) is 110 cm³/mol. The average molecular weight is 393 g/mol. The molecule has 0 saturated carbocycles. The molecule has 1 amide bonds. The van der Waals surface area contributed by atoms with E-state index in [9.17, 15) is 9.18 Å². The number of anilines is 1. The van der Waals surface area contributed by atoms with Crippen molar-refractivity contribution in [2.45, 2.75) is 25.7 Å². The van der Waals surface area contributed by atoms with Crippen LogP contribution in [0.25, 0.3) is 22.6 Å². The Morgan fingerprint density at radius 1 is 1.07 bits per heavy atom. The monoisotopic (exact) mass is 393 g/mol. The van der Waals surface area contributed by atoms with Crippen LogP contribution in [0.2, 0.25) is 0 Å². The molecule has 0 spiro atoms. The minimum absolute atomic E-state index is 0.0453. The third kappa shape index (κ3) is 3.57. The van der Waals surface area contributed by atoms with Crippen LogP contribution in [0.5, 0.6) is 0 Å². The molecule has 5 rings (SSSR count). The molecule has 1 unspecified atom stereocenters. The number of nitrogens with one attached hydrogen (secondary N) is 1. The van der Waals surface area contributed by atoms with E-state index in [0.29, 0.717) is 29.5 Å². The molecule has 6 nitrogen and oxygen atoms in total. The number of imidazole rings is 1. The molecular formula is C22H24FN5O. The van der Waals surface area contributed by atoms with E-state index in [1.165, 1.54) is 12.1 Å². The third-order valence-electron chi connectivity index (χ3n) is 5.94. The molecule has 2 saturated heterocycles. The van der Waals surface area contributed by atoms with Gasteiger partial charge in [-0.1, -0.05) is 12.1 Å². The van der Waals surface area contributed by atoms with E-state index in [4.69, 9.17) is 4.98 Å². The van der Waals surface area contributed by atoms with Crippen molar-refractivity contribution < 1.29 is 9.18 Å². The van der Waals surface area contributed by atoms with Crippen LogP contribution in [0.4, 0.5) is 10.2 Å². The van der Waals surface area contributed by atoms with Crippen molar-refractivity contribution in [3.8, 4) is 11.4 Å². The number of halogens is 1. The Bertz CT molecular complexity index is 1040. The lowest BCUT2D eigenvalue weighted by molar-refractivity contribution is -0.134. The first kappa shape index (κ1) is 18.1. The fourth-order valence-electron chi connectivity index (χ4n) is 4.42. The number of benzene rings is 1. The molecule has 0 aliphatic carbocycles. The zero-order valence-electron chi connectivity index (χ0n) is 16.3. The summed E-state index contributed by atoms with van der Waals surface area (Å²) in [5.74, 6) is 1.50. The lowest BCUT2D eigenvalue weighted by Gasteiger charge is -2.34. The molecule has 2 fully saturated rings. The van der Waals surface area contributed by atoms with Crippen LogP contribution in [-0.2, 0) is 4.79 Å². The number of hydrogen-bond acceptors (Lipinski definition) is 4. The number of piperidine rings is 1. The number of hydrogen-bond donors (Lipinski definition) is 1. The Kier molecular flexibility index (Phi) is 4.66. The molecule has 1 atom stereocenters. The van der Waals surface area contributed by atoms with Gasteiger partial charge in [0.05, 0.1) is 5.92 Å². The molecule has 4 heterocycles. The van der Waals surface area contributed by atoms with Gasteiger partial charge in [0.1, 0.15) is 23.0 Å². The number of fused-ring (bicyclic) bond motifs is 1. The fraction of sp³-hybridized carbons (Fsp3) is 0.409. The number of aromatic amines is 1. The Labute approximate surface area is 168 Å². The first-order valence-corrected chi connectivity index (χ1v) is 10.3. The first-order chi connectivity index (χ1) is 14.2. The molecule has 0 radical (unpaired) electrons. The Balaban J connectivity index is 1.37. The van der Waals surface area contributed by atoms with E-state index in [0.717, 1.165) is 56.7 Å². The van der Waals surface area contributed by atoms with Crippen molar-refractivity contribution in [2.75, 3.05) is 31.1 Å². The van der Waals surface area contributed by atoms with Gasteiger partial charge in [0.15, 0.2) is 5.65 Å². The SMILES string of the molecule is O=C(C1CCCN(c2ccc3nc(-c4cccc(F)c4)[nH]c3n2)C1)N1CCCC1. The minimum atomic E-state index is -0.293. The number of aromatic nitrogens is 3. The van der Waals surface area contributed by atoms with Gasteiger partial charge in [-0.3, -0.25) is 4.79 Å².